The summed E-state index contributed by atoms with van der Waals surface area (Å²) in [6.07, 6.45) is 4.40. The molecule has 1 saturated carbocycles. The summed E-state index contributed by atoms with van der Waals surface area (Å²) in [5.74, 6) is 0.172. The average Bonchev–Trinajstić information content (AvgIpc) is 2.49. The highest BCUT2D eigenvalue weighted by Crippen LogP contribution is 2.37. The van der Waals surface area contributed by atoms with E-state index in [1.165, 1.54) is 12.8 Å². The van der Waals surface area contributed by atoms with Crippen molar-refractivity contribution >= 4 is 21.8 Å². The van der Waals surface area contributed by atoms with Gasteiger partial charge in [-0.15, -0.1) is 0 Å². The van der Waals surface area contributed by atoms with Crippen molar-refractivity contribution in [1.29, 1.82) is 0 Å². The van der Waals surface area contributed by atoms with Crippen LogP contribution in [0.15, 0.2) is 11.1 Å². The molecule has 3 heteroatoms. The lowest BCUT2D eigenvalue weighted by Gasteiger charge is -2.21. The molecular weight excluding hydrogens is 230 g/mol. The van der Waals surface area contributed by atoms with E-state index in [9.17, 15) is 4.79 Å². The lowest BCUT2D eigenvalue weighted by molar-refractivity contribution is -0.129. The van der Waals surface area contributed by atoms with Gasteiger partial charge in [-0.25, -0.2) is 0 Å². The number of hydrogen-bond acceptors (Lipinski definition) is 1. The number of nitrogens with one attached hydrogen (secondary N) is 1. The summed E-state index contributed by atoms with van der Waals surface area (Å²) >= 11 is 3.22. The number of halogens is 1. The van der Waals surface area contributed by atoms with Crippen LogP contribution in [0.5, 0.6) is 0 Å². The SMILES string of the molecule is C=C(Br)CNC(=O)C1(C)CCCC1. The first-order valence-electron chi connectivity index (χ1n) is 4.66. The zero-order chi connectivity index (χ0) is 9.90. The van der Waals surface area contributed by atoms with Gasteiger partial charge in [0.05, 0.1) is 0 Å². The summed E-state index contributed by atoms with van der Waals surface area (Å²) in [5.41, 5.74) is -0.123. The molecule has 1 N–H and O–H groups in total. The predicted molar refractivity (Wildman–Crippen MR) is 57.7 cm³/mol. The summed E-state index contributed by atoms with van der Waals surface area (Å²) < 4.78 is 0.822. The molecule has 13 heavy (non-hydrogen) atoms. The molecule has 2 nitrogen and oxygen atoms in total. The minimum atomic E-state index is -0.123. The van der Waals surface area contributed by atoms with Gasteiger partial charge >= 0.3 is 0 Å². The second-order valence-corrected chi connectivity index (χ2v) is 5.09. The molecular formula is C10H16BrNO. The van der Waals surface area contributed by atoms with E-state index >= 15 is 0 Å². The van der Waals surface area contributed by atoms with Crippen LogP contribution in [0.2, 0.25) is 0 Å². The topological polar surface area (TPSA) is 29.1 Å². The molecule has 0 aliphatic heterocycles. The fourth-order valence-corrected chi connectivity index (χ4v) is 1.91. The fraction of sp³-hybridized carbons (Fsp3) is 0.700. The van der Waals surface area contributed by atoms with Gasteiger partial charge in [0.25, 0.3) is 0 Å². The van der Waals surface area contributed by atoms with Crippen molar-refractivity contribution in [2.75, 3.05) is 6.54 Å². The van der Waals surface area contributed by atoms with Crippen molar-refractivity contribution in [3.05, 3.63) is 11.1 Å². The summed E-state index contributed by atoms with van der Waals surface area (Å²) in [5, 5.41) is 2.88. The lowest BCUT2D eigenvalue weighted by atomic mass is 9.88. The first kappa shape index (κ1) is 10.8. The Bertz CT molecular complexity index is 219. The molecule has 1 amide bonds. The fourth-order valence-electron chi connectivity index (χ4n) is 1.77. The Morgan fingerprint density at radius 1 is 1.54 bits per heavy atom. The Labute approximate surface area is 87.9 Å². The Morgan fingerprint density at radius 2 is 2.08 bits per heavy atom. The van der Waals surface area contributed by atoms with Gasteiger partial charge in [-0.2, -0.15) is 0 Å². The highest BCUT2D eigenvalue weighted by Gasteiger charge is 2.35. The average molecular weight is 246 g/mol. The molecule has 0 spiro atoms. The second kappa shape index (κ2) is 4.27. The van der Waals surface area contributed by atoms with Gasteiger partial charge in [0, 0.05) is 16.4 Å². The van der Waals surface area contributed by atoms with E-state index in [-0.39, 0.29) is 11.3 Å². The molecule has 0 heterocycles. The number of amides is 1. The molecule has 0 saturated heterocycles. The molecule has 0 unspecified atom stereocenters. The van der Waals surface area contributed by atoms with Crippen molar-refractivity contribution in [2.45, 2.75) is 32.6 Å². The molecule has 0 aromatic carbocycles. The van der Waals surface area contributed by atoms with Crippen LogP contribution in [0, 0.1) is 5.41 Å². The summed E-state index contributed by atoms with van der Waals surface area (Å²) in [4.78, 5) is 11.7. The first-order valence-corrected chi connectivity index (χ1v) is 5.45. The molecule has 1 aliphatic carbocycles. The van der Waals surface area contributed by atoms with Crippen molar-refractivity contribution in [2.24, 2.45) is 5.41 Å². The minimum Gasteiger partial charge on any atom is -0.351 e. The molecule has 1 fully saturated rings. The highest BCUT2D eigenvalue weighted by atomic mass is 79.9. The second-order valence-electron chi connectivity index (χ2n) is 3.97. The summed E-state index contributed by atoms with van der Waals surface area (Å²) in [6.45, 7) is 6.26. The normalized spacial score (nSPS) is 19.8. The van der Waals surface area contributed by atoms with Gasteiger partial charge in [-0.1, -0.05) is 42.3 Å². The summed E-state index contributed by atoms with van der Waals surface area (Å²) in [7, 11) is 0. The number of hydrogen-bond donors (Lipinski definition) is 1. The maximum Gasteiger partial charge on any atom is 0.226 e. The Hall–Kier alpha value is -0.310. The number of carbonyl (C=O) groups is 1. The minimum absolute atomic E-state index is 0.123. The maximum atomic E-state index is 11.7. The molecule has 0 aromatic rings. The van der Waals surface area contributed by atoms with E-state index in [1.54, 1.807) is 0 Å². The number of carbonyl (C=O) groups excluding carboxylic acids is 1. The molecule has 1 rings (SSSR count). The van der Waals surface area contributed by atoms with E-state index < -0.39 is 0 Å². The van der Waals surface area contributed by atoms with Gasteiger partial charge in [0.1, 0.15) is 0 Å². The lowest BCUT2D eigenvalue weighted by Crippen LogP contribution is -2.37. The van der Waals surface area contributed by atoms with Gasteiger partial charge in [-0.05, 0) is 12.8 Å². The van der Waals surface area contributed by atoms with Crippen LogP contribution in [-0.4, -0.2) is 12.5 Å². The Kier molecular flexibility index (Phi) is 3.54. The standard InChI is InChI=1S/C10H16BrNO/c1-8(11)7-12-9(13)10(2)5-3-4-6-10/h1,3-7H2,2H3,(H,12,13). The van der Waals surface area contributed by atoms with Crippen molar-refractivity contribution in [1.82, 2.24) is 5.32 Å². The van der Waals surface area contributed by atoms with E-state index in [0.717, 1.165) is 17.3 Å². The van der Waals surface area contributed by atoms with Crippen molar-refractivity contribution in [3.63, 3.8) is 0 Å². The Morgan fingerprint density at radius 3 is 2.54 bits per heavy atom. The van der Waals surface area contributed by atoms with Gasteiger partial charge in [-0.3, -0.25) is 4.79 Å². The van der Waals surface area contributed by atoms with Crippen molar-refractivity contribution < 1.29 is 4.79 Å². The zero-order valence-electron chi connectivity index (χ0n) is 8.03. The van der Waals surface area contributed by atoms with E-state index in [4.69, 9.17) is 0 Å². The third-order valence-corrected chi connectivity index (χ3v) is 2.98. The van der Waals surface area contributed by atoms with Crippen LogP contribution in [0.3, 0.4) is 0 Å². The van der Waals surface area contributed by atoms with Crippen LogP contribution in [-0.2, 0) is 4.79 Å². The molecule has 0 aromatic heterocycles. The monoisotopic (exact) mass is 245 g/mol. The van der Waals surface area contributed by atoms with Gasteiger partial charge in [0.2, 0.25) is 5.91 Å². The molecule has 0 bridgehead atoms. The van der Waals surface area contributed by atoms with Gasteiger partial charge < -0.3 is 5.32 Å². The summed E-state index contributed by atoms with van der Waals surface area (Å²) in [6, 6.07) is 0. The van der Waals surface area contributed by atoms with Crippen LogP contribution in [0.4, 0.5) is 0 Å². The van der Waals surface area contributed by atoms with Crippen LogP contribution in [0.25, 0.3) is 0 Å². The molecule has 0 radical (unpaired) electrons. The Balaban J connectivity index is 2.42. The highest BCUT2D eigenvalue weighted by molar-refractivity contribution is 9.11. The zero-order valence-corrected chi connectivity index (χ0v) is 9.61. The van der Waals surface area contributed by atoms with E-state index in [1.807, 2.05) is 6.92 Å². The quantitative estimate of drug-likeness (QED) is 0.814. The van der Waals surface area contributed by atoms with E-state index in [0.29, 0.717) is 6.54 Å². The maximum absolute atomic E-state index is 11.7. The van der Waals surface area contributed by atoms with Gasteiger partial charge in [0.15, 0.2) is 0 Å². The van der Waals surface area contributed by atoms with Crippen molar-refractivity contribution in [3.8, 4) is 0 Å². The first-order chi connectivity index (χ1) is 6.04. The van der Waals surface area contributed by atoms with Crippen LogP contribution >= 0.6 is 15.9 Å². The van der Waals surface area contributed by atoms with E-state index in [2.05, 4.69) is 27.8 Å². The third-order valence-electron chi connectivity index (χ3n) is 2.70. The largest absolute Gasteiger partial charge is 0.351 e. The number of rotatable bonds is 3. The molecule has 74 valence electrons. The molecule has 1 aliphatic rings. The smallest absolute Gasteiger partial charge is 0.226 e. The van der Waals surface area contributed by atoms with Crippen LogP contribution in [0.1, 0.15) is 32.6 Å². The molecule has 0 atom stereocenters. The predicted octanol–water partition coefficient (Wildman–Crippen LogP) is 2.59. The van der Waals surface area contributed by atoms with Crippen LogP contribution < -0.4 is 5.32 Å². The third kappa shape index (κ3) is 2.83.